The quantitative estimate of drug-likeness (QED) is 0.315. The first kappa shape index (κ1) is 21.6. The van der Waals surface area contributed by atoms with Crippen LogP contribution < -0.4 is 5.32 Å². The van der Waals surface area contributed by atoms with E-state index in [-0.39, 0.29) is 36.0 Å². The van der Waals surface area contributed by atoms with E-state index in [0.29, 0.717) is 5.76 Å². The van der Waals surface area contributed by atoms with Gasteiger partial charge >= 0.3 is 0 Å². The normalized spacial score (nSPS) is 12.1. The highest BCUT2D eigenvalue weighted by Crippen LogP contribution is 2.29. The summed E-state index contributed by atoms with van der Waals surface area (Å²) in [5, 5.41) is 3.98. The van der Waals surface area contributed by atoms with Crippen molar-refractivity contribution in [2.75, 3.05) is 0 Å². The predicted octanol–water partition coefficient (Wildman–Crippen LogP) is 6.20. The Labute approximate surface area is 194 Å². The summed E-state index contributed by atoms with van der Waals surface area (Å²) < 4.78 is 38.7. The molecule has 0 spiro atoms. The van der Waals surface area contributed by atoms with Gasteiger partial charge in [-0.3, -0.25) is 4.79 Å². The summed E-state index contributed by atoms with van der Waals surface area (Å²) in [6.45, 7) is 0. The number of nitrogens with one attached hydrogen (secondary N) is 1. The van der Waals surface area contributed by atoms with Crippen LogP contribution in [0.1, 0.15) is 29.7 Å². The molecule has 170 valence electrons. The van der Waals surface area contributed by atoms with Crippen LogP contribution in [0.4, 0.5) is 8.78 Å². The van der Waals surface area contributed by atoms with Gasteiger partial charge < -0.3 is 14.2 Å². The van der Waals surface area contributed by atoms with E-state index in [1.807, 2.05) is 60.7 Å². The van der Waals surface area contributed by atoms with Crippen LogP contribution in [0.5, 0.6) is 0 Å². The van der Waals surface area contributed by atoms with Crippen LogP contribution in [-0.4, -0.2) is 10.9 Å². The molecule has 5 nitrogen and oxygen atoms in total. The average Bonchev–Trinajstić information content (AvgIpc) is 3.49. The molecule has 0 aliphatic rings. The van der Waals surface area contributed by atoms with Crippen LogP contribution in [-0.2, 0) is 11.2 Å². The van der Waals surface area contributed by atoms with E-state index >= 15 is 0 Å². The second kappa shape index (κ2) is 9.31. The van der Waals surface area contributed by atoms with Crippen LogP contribution in [0, 0.1) is 11.6 Å². The molecule has 0 fully saturated rings. The Kier molecular flexibility index (Phi) is 5.91. The number of carbonyl (C=O) groups is 1. The molecule has 1 N–H and O–H groups in total. The molecule has 5 rings (SSSR count). The molecule has 7 heteroatoms. The topological polar surface area (TPSA) is 68.3 Å². The number of aromatic nitrogens is 1. The van der Waals surface area contributed by atoms with Crippen LogP contribution in [0.15, 0.2) is 93.9 Å². The summed E-state index contributed by atoms with van der Waals surface area (Å²) in [5.74, 6) is -0.536. The van der Waals surface area contributed by atoms with Crippen molar-refractivity contribution < 1.29 is 22.4 Å². The number of hydrogen-bond acceptors (Lipinski definition) is 4. The maximum absolute atomic E-state index is 14.0. The van der Waals surface area contributed by atoms with Crippen molar-refractivity contribution in [1.82, 2.24) is 10.3 Å². The molecule has 2 aromatic heterocycles. The second-order valence-electron chi connectivity index (χ2n) is 7.84. The molecule has 3 aromatic carbocycles. The molecule has 0 saturated carbocycles. The monoisotopic (exact) mass is 458 g/mol. The highest BCUT2D eigenvalue weighted by molar-refractivity contribution is 5.79. The molecule has 0 radical (unpaired) electrons. The fourth-order valence-electron chi connectivity index (χ4n) is 3.80. The van der Waals surface area contributed by atoms with Gasteiger partial charge in [0.15, 0.2) is 11.7 Å². The van der Waals surface area contributed by atoms with Crippen LogP contribution in [0.3, 0.4) is 0 Å². The highest BCUT2D eigenvalue weighted by atomic mass is 19.1. The number of fused-ring (bicyclic) bond motifs is 1. The van der Waals surface area contributed by atoms with E-state index in [2.05, 4.69) is 10.3 Å². The van der Waals surface area contributed by atoms with E-state index in [9.17, 15) is 13.6 Å². The van der Waals surface area contributed by atoms with Gasteiger partial charge in [0, 0.05) is 24.3 Å². The van der Waals surface area contributed by atoms with Crippen molar-refractivity contribution in [3.63, 3.8) is 0 Å². The smallest absolute Gasteiger partial charge is 0.221 e. The first-order valence-corrected chi connectivity index (χ1v) is 10.8. The third kappa shape index (κ3) is 4.59. The molecule has 0 bridgehead atoms. The molecule has 0 aliphatic heterocycles. The molecule has 5 aromatic rings. The number of oxazole rings is 1. The molecule has 0 saturated heterocycles. The van der Waals surface area contributed by atoms with Gasteiger partial charge in [0.2, 0.25) is 5.91 Å². The first-order chi connectivity index (χ1) is 16.6. The lowest BCUT2D eigenvalue weighted by atomic mass is 10.0. The highest BCUT2D eigenvalue weighted by Gasteiger charge is 2.21. The number of rotatable bonds is 7. The van der Waals surface area contributed by atoms with Crippen molar-refractivity contribution in [1.29, 1.82) is 0 Å². The Morgan fingerprint density at radius 2 is 1.74 bits per heavy atom. The van der Waals surface area contributed by atoms with Crippen molar-refractivity contribution in [3.05, 3.63) is 114 Å². The zero-order chi connectivity index (χ0) is 23.5. The van der Waals surface area contributed by atoms with Gasteiger partial charge in [0.05, 0.1) is 11.8 Å². The minimum Gasteiger partial charge on any atom is -0.459 e. The van der Waals surface area contributed by atoms with Gasteiger partial charge in [-0.1, -0.05) is 48.5 Å². The Balaban J connectivity index is 1.30. The second-order valence-corrected chi connectivity index (χ2v) is 7.84. The third-order valence-corrected chi connectivity index (χ3v) is 5.48. The third-order valence-electron chi connectivity index (χ3n) is 5.48. The lowest BCUT2D eigenvalue weighted by Crippen LogP contribution is -2.29. The largest absolute Gasteiger partial charge is 0.459 e. The molecule has 0 aliphatic carbocycles. The van der Waals surface area contributed by atoms with E-state index in [0.717, 1.165) is 28.7 Å². The Morgan fingerprint density at radius 3 is 2.53 bits per heavy atom. The minimum absolute atomic E-state index is 0.107. The SMILES string of the molecule is O=C(CCc1ncc(-c2ccc(F)cc2F)o1)NC(c1ccccc1)c1cc2ccccc2o1. The van der Waals surface area contributed by atoms with Gasteiger partial charge in [-0.15, -0.1) is 0 Å². The van der Waals surface area contributed by atoms with Gasteiger partial charge in [-0.25, -0.2) is 13.8 Å². The summed E-state index contributed by atoms with van der Waals surface area (Å²) in [6, 6.07) is 21.9. The molecule has 2 heterocycles. The number of nitrogens with zero attached hydrogens (tertiary/aromatic N) is 1. The molecular formula is C27H20F2N2O3. The molecule has 1 atom stereocenters. The Hall–Kier alpha value is -4.26. The molecule has 1 unspecified atom stereocenters. The lowest BCUT2D eigenvalue weighted by Gasteiger charge is -2.17. The van der Waals surface area contributed by atoms with Gasteiger partial charge in [-0.2, -0.15) is 0 Å². The van der Waals surface area contributed by atoms with E-state index in [1.54, 1.807) is 0 Å². The van der Waals surface area contributed by atoms with E-state index < -0.39 is 17.7 Å². The van der Waals surface area contributed by atoms with Crippen molar-refractivity contribution in [3.8, 4) is 11.3 Å². The zero-order valence-corrected chi connectivity index (χ0v) is 18.0. The summed E-state index contributed by atoms with van der Waals surface area (Å²) >= 11 is 0. The van der Waals surface area contributed by atoms with Gasteiger partial charge in [0.25, 0.3) is 0 Å². The van der Waals surface area contributed by atoms with Crippen molar-refractivity contribution in [2.45, 2.75) is 18.9 Å². The molecule has 1 amide bonds. The summed E-state index contributed by atoms with van der Waals surface area (Å²) in [4.78, 5) is 17.0. The van der Waals surface area contributed by atoms with Crippen LogP contribution >= 0.6 is 0 Å². The number of para-hydroxylation sites is 1. The van der Waals surface area contributed by atoms with Crippen LogP contribution in [0.25, 0.3) is 22.3 Å². The minimum atomic E-state index is -0.739. The van der Waals surface area contributed by atoms with Crippen molar-refractivity contribution >= 4 is 16.9 Å². The standard InChI is InChI=1S/C27H20F2N2O3/c28-19-10-11-20(21(29)15-19)24-16-30-26(34-24)13-12-25(32)31-27(17-6-2-1-3-7-17)23-14-18-8-4-5-9-22(18)33-23/h1-11,14-16,27H,12-13H2,(H,31,32). The summed E-state index contributed by atoms with van der Waals surface area (Å²) in [7, 11) is 0. The average molecular weight is 458 g/mol. The fraction of sp³-hybridized carbons (Fsp3) is 0.111. The summed E-state index contributed by atoms with van der Waals surface area (Å²) in [6.07, 6.45) is 1.69. The van der Waals surface area contributed by atoms with Crippen molar-refractivity contribution in [2.24, 2.45) is 0 Å². The fourth-order valence-corrected chi connectivity index (χ4v) is 3.80. The number of amides is 1. The van der Waals surface area contributed by atoms with E-state index in [1.165, 1.54) is 12.3 Å². The number of hydrogen-bond donors (Lipinski definition) is 1. The van der Waals surface area contributed by atoms with Gasteiger partial charge in [0.1, 0.15) is 29.0 Å². The predicted molar refractivity (Wildman–Crippen MR) is 123 cm³/mol. The summed E-state index contributed by atoms with van der Waals surface area (Å²) in [5.41, 5.74) is 1.74. The molecular weight excluding hydrogens is 438 g/mol. The van der Waals surface area contributed by atoms with E-state index in [4.69, 9.17) is 8.83 Å². The maximum Gasteiger partial charge on any atom is 0.221 e. The number of furan rings is 1. The zero-order valence-electron chi connectivity index (χ0n) is 18.0. The van der Waals surface area contributed by atoms with Gasteiger partial charge in [-0.05, 0) is 29.8 Å². The lowest BCUT2D eigenvalue weighted by molar-refractivity contribution is -0.121. The number of benzene rings is 3. The first-order valence-electron chi connectivity index (χ1n) is 10.8. The molecule has 34 heavy (non-hydrogen) atoms. The number of aryl methyl sites for hydroxylation is 1. The number of halogens is 2. The Morgan fingerprint density at radius 1 is 0.941 bits per heavy atom. The number of carbonyl (C=O) groups excluding carboxylic acids is 1. The maximum atomic E-state index is 14.0. The van der Waals surface area contributed by atoms with Crippen LogP contribution in [0.2, 0.25) is 0 Å². The Bertz CT molecular complexity index is 1410.